The first-order valence-electron chi connectivity index (χ1n) is 8.29. The van der Waals surface area contributed by atoms with Crippen LogP contribution in [0.4, 0.5) is 5.69 Å². The van der Waals surface area contributed by atoms with E-state index < -0.39 is 0 Å². The van der Waals surface area contributed by atoms with Gasteiger partial charge in [0.25, 0.3) is 0 Å². The summed E-state index contributed by atoms with van der Waals surface area (Å²) in [5.41, 5.74) is 8.96. The lowest BCUT2D eigenvalue weighted by molar-refractivity contribution is 0.521. The van der Waals surface area contributed by atoms with Gasteiger partial charge in [0.15, 0.2) is 5.58 Å². The number of thiophene rings is 1. The number of nitrogens with two attached hydrogens (primary N) is 1. The van der Waals surface area contributed by atoms with E-state index in [1.54, 1.807) is 23.7 Å². The molecule has 0 aromatic carbocycles. The van der Waals surface area contributed by atoms with Crippen molar-refractivity contribution < 1.29 is 8.83 Å². The minimum absolute atomic E-state index is 0.0534. The van der Waals surface area contributed by atoms with E-state index in [9.17, 15) is 0 Å². The standard InChI is InChI=1S/C19H18ClN3O2S/c1-11(21)8-15-17(14-5-2-6-24-14)18-19(25-15)13(9-16(20)23-18)22-10-12-4-3-7-26-12/h2-7,9,11H,8,10,21H2,1H3,(H,22,23)/t11-/m0/s1. The van der Waals surface area contributed by atoms with Gasteiger partial charge in [-0.3, -0.25) is 0 Å². The molecule has 0 saturated heterocycles. The van der Waals surface area contributed by atoms with Gasteiger partial charge in [0.05, 0.1) is 17.5 Å². The van der Waals surface area contributed by atoms with Crippen LogP contribution in [0.15, 0.2) is 50.8 Å². The number of aromatic nitrogens is 1. The van der Waals surface area contributed by atoms with Gasteiger partial charge in [0, 0.05) is 30.0 Å². The number of anilines is 1. The van der Waals surface area contributed by atoms with Gasteiger partial charge in [-0.15, -0.1) is 11.3 Å². The van der Waals surface area contributed by atoms with Gasteiger partial charge in [-0.2, -0.15) is 0 Å². The van der Waals surface area contributed by atoms with Crippen LogP contribution in [0.3, 0.4) is 0 Å². The Morgan fingerprint density at radius 3 is 2.92 bits per heavy atom. The van der Waals surface area contributed by atoms with Crippen molar-refractivity contribution in [3.05, 3.63) is 57.8 Å². The monoisotopic (exact) mass is 387 g/mol. The lowest BCUT2D eigenvalue weighted by atomic mass is 10.1. The summed E-state index contributed by atoms with van der Waals surface area (Å²) >= 11 is 7.98. The predicted molar refractivity (Wildman–Crippen MR) is 106 cm³/mol. The van der Waals surface area contributed by atoms with E-state index in [0.717, 1.165) is 17.0 Å². The first kappa shape index (κ1) is 17.1. The Balaban J connectivity index is 1.83. The van der Waals surface area contributed by atoms with Gasteiger partial charge in [-0.1, -0.05) is 17.7 Å². The van der Waals surface area contributed by atoms with E-state index in [2.05, 4.69) is 21.7 Å². The third kappa shape index (κ3) is 3.35. The number of fused-ring (bicyclic) bond motifs is 1. The number of halogens is 1. The number of nitrogens with one attached hydrogen (secondary N) is 1. The van der Waals surface area contributed by atoms with E-state index in [1.807, 2.05) is 25.1 Å². The predicted octanol–water partition coefficient (Wildman–Crippen LogP) is 5.30. The maximum absolute atomic E-state index is 6.29. The Labute approximate surface area is 159 Å². The van der Waals surface area contributed by atoms with Crippen molar-refractivity contribution in [2.24, 2.45) is 5.73 Å². The molecule has 7 heteroatoms. The van der Waals surface area contributed by atoms with Crippen molar-refractivity contribution >= 4 is 39.7 Å². The van der Waals surface area contributed by atoms with Crippen molar-refractivity contribution in [2.75, 3.05) is 5.32 Å². The molecule has 0 saturated carbocycles. The van der Waals surface area contributed by atoms with Gasteiger partial charge in [0.1, 0.15) is 22.2 Å². The van der Waals surface area contributed by atoms with E-state index in [-0.39, 0.29) is 6.04 Å². The minimum Gasteiger partial charge on any atom is -0.464 e. The SMILES string of the molecule is C[C@H](N)Cc1oc2c(NCc3cccs3)cc(Cl)nc2c1-c1ccco1. The molecule has 0 aliphatic carbocycles. The molecular weight excluding hydrogens is 370 g/mol. The number of hydrogen-bond donors (Lipinski definition) is 2. The molecule has 1 atom stereocenters. The lowest BCUT2D eigenvalue weighted by Crippen LogP contribution is -2.17. The summed E-state index contributed by atoms with van der Waals surface area (Å²) in [5, 5.41) is 5.85. The highest BCUT2D eigenvalue weighted by molar-refractivity contribution is 7.09. The molecule has 26 heavy (non-hydrogen) atoms. The van der Waals surface area contributed by atoms with Crippen molar-refractivity contribution in [3.8, 4) is 11.3 Å². The summed E-state index contributed by atoms with van der Waals surface area (Å²) in [7, 11) is 0. The number of hydrogen-bond acceptors (Lipinski definition) is 6. The van der Waals surface area contributed by atoms with E-state index in [1.165, 1.54) is 4.88 Å². The molecule has 5 nitrogen and oxygen atoms in total. The van der Waals surface area contributed by atoms with Crippen LogP contribution < -0.4 is 11.1 Å². The van der Waals surface area contributed by atoms with Crippen LogP contribution >= 0.6 is 22.9 Å². The van der Waals surface area contributed by atoms with Gasteiger partial charge in [0.2, 0.25) is 0 Å². The second kappa shape index (κ2) is 7.15. The first-order chi connectivity index (χ1) is 12.6. The topological polar surface area (TPSA) is 77.2 Å². The van der Waals surface area contributed by atoms with Crippen molar-refractivity contribution in [3.63, 3.8) is 0 Å². The number of rotatable bonds is 6. The minimum atomic E-state index is -0.0534. The highest BCUT2D eigenvalue weighted by Crippen LogP contribution is 2.39. The number of furan rings is 2. The van der Waals surface area contributed by atoms with Crippen LogP contribution in [-0.2, 0) is 13.0 Å². The number of nitrogens with zero attached hydrogens (tertiary/aromatic N) is 1. The summed E-state index contributed by atoms with van der Waals surface area (Å²) in [6, 6.07) is 9.56. The molecule has 134 valence electrons. The summed E-state index contributed by atoms with van der Waals surface area (Å²) in [6.07, 6.45) is 2.21. The zero-order chi connectivity index (χ0) is 18.1. The number of pyridine rings is 1. The maximum atomic E-state index is 6.29. The molecule has 0 fully saturated rings. The molecule has 0 amide bonds. The molecule has 0 aliphatic rings. The van der Waals surface area contributed by atoms with Crippen LogP contribution in [0.2, 0.25) is 5.15 Å². The lowest BCUT2D eigenvalue weighted by Gasteiger charge is -2.06. The van der Waals surface area contributed by atoms with Crippen LogP contribution in [0, 0.1) is 0 Å². The van der Waals surface area contributed by atoms with Crippen molar-refractivity contribution in [2.45, 2.75) is 25.9 Å². The molecule has 0 aliphatic heterocycles. The highest BCUT2D eigenvalue weighted by atomic mass is 35.5. The van der Waals surface area contributed by atoms with Crippen LogP contribution in [-0.4, -0.2) is 11.0 Å². The summed E-state index contributed by atoms with van der Waals surface area (Å²) in [5.74, 6) is 1.44. The summed E-state index contributed by atoms with van der Waals surface area (Å²) in [6.45, 7) is 2.63. The Hall–Kier alpha value is -2.28. The van der Waals surface area contributed by atoms with Gasteiger partial charge in [-0.25, -0.2) is 4.98 Å². The Morgan fingerprint density at radius 2 is 2.23 bits per heavy atom. The fourth-order valence-electron chi connectivity index (χ4n) is 2.92. The zero-order valence-electron chi connectivity index (χ0n) is 14.2. The molecular formula is C19H18ClN3O2S. The van der Waals surface area contributed by atoms with E-state index in [4.69, 9.17) is 26.2 Å². The highest BCUT2D eigenvalue weighted by Gasteiger charge is 2.23. The molecule has 4 aromatic rings. The van der Waals surface area contributed by atoms with Crippen molar-refractivity contribution in [1.82, 2.24) is 4.98 Å². The average Bonchev–Trinajstić information content (AvgIpc) is 3.32. The van der Waals surface area contributed by atoms with E-state index in [0.29, 0.717) is 35.0 Å². The average molecular weight is 388 g/mol. The summed E-state index contributed by atoms with van der Waals surface area (Å²) < 4.78 is 11.8. The maximum Gasteiger partial charge on any atom is 0.176 e. The molecule has 0 spiro atoms. The smallest absolute Gasteiger partial charge is 0.176 e. The second-order valence-corrected chi connectivity index (χ2v) is 7.58. The molecule has 3 N–H and O–H groups in total. The molecule has 4 aromatic heterocycles. The van der Waals surface area contributed by atoms with Gasteiger partial charge >= 0.3 is 0 Å². The first-order valence-corrected chi connectivity index (χ1v) is 9.55. The zero-order valence-corrected chi connectivity index (χ0v) is 15.7. The van der Waals surface area contributed by atoms with Gasteiger partial charge in [-0.05, 0) is 30.5 Å². The largest absolute Gasteiger partial charge is 0.464 e. The normalized spacial score (nSPS) is 12.6. The molecule has 4 heterocycles. The molecule has 0 bridgehead atoms. The Kier molecular flexibility index (Phi) is 4.72. The van der Waals surface area contributed by atoms with E-state index >= 15 is 0 Å². The fourth-order valence-corrected chi connectivity index (χ4v) is 3.76. The Morgan fingerprint density at radius 1 is 1.35 bits per heavy atom. The van der Waals surface area contributed by atoms with Crippen LogP contribution in [0.1, 0.15) is 17.6 Å². The summed E-state index contributed by atoms with van der Waals surface area (Å²) in [4.78, 5) is 5.72. The third-order valence-electron chi connectivity index (χ3n) is 3.99. The Bertz CT molecular complexity index is 1010. The molecule has 4 rings (SSSR count). The van der Waals surface area contributed by atoms with Gasteiger partial charge < -0.3 is 19.9 Å². The third-order valence-corrected chi connectivity index (χ3v) is 5.06. The second-order valence-electron chi connectivity index (χ2n) is 6.16. The van der Waals surface area contributed by atoms with Crippen LogP contribution in [0.5, 0.6) is 0 Å². The molecule has 0 unspecified atom stereocenters. The fraction of sp³-hybridized carbons (Fsp3) is 0.211. The molecule has 0 radical (unpaired) electrons. The van der Waals surface area contributed by atoms with Crippen LogP contribution in [0.25, 0.3) is 22.4 Å². The van der Waals surface area contributed by atoms with Crippen molar-refractivity contribution in [1.29, 1.82) is 0 Å². The quantitative estimate of drug-likeness (QED) is 0.439.